The molecule has 3 N–H and O–H groups in total. The third-order valence-corrected chi connectivity index (χ3v) is 4.22. The summed E-state index contributed by atoms with van der Waals surface area (Å²) in [4.78, 5) is 0. The van der Waals surface area contributed by atoms with Crippen molar-refractivity contribution in [3.8, 4) is 11.9 Å². The molecule has 1 aromatic heterocycles. The number of ether oxygens (including phenoxy) is 1. The molecule has 0 fully saturated rings. The van der Waals surface area contributed by atoms with Crippen molar-refractivity contribution in [2.24, 2.45) is 5.73 Å². The number of hydrogen-bond donors (Lipinski definition) is 2. The highest BCUT2D eigenvalue weighted by molar-refractivity contribution is 5.60. The van der Waals surface area contributed by atoms with E-state index in [4.69, 9.17) is 10.5 Å². The van der Waals surface area contributed by atoms with E-state index in [9.17, 15) is 5.26 Å². The largest absolute Gasteiger partial charge is 0.420 e. The predicted octanol–water partition coefficient (Wildman–Crippen LogP) is 2.89. The summed E-state index contributed by atoms with van der Waals surface area (Å²) in [7, 11) is 0. The second-order valence-corrected chi connectivity index (χ2v) is 5.50. The van der Waals surface area contributed by atoms with Crippen molar-refractivity contribution < 1.29 is 4.74 Å². The first-order valence-corrected chi connectivity index (χ1v) is 7.34. The molecule has 0 saturated heterocycles. The quantitative estimate of drug-likeness (QED) is 0.911. The third kappa shape index (κ3) is 1.81. The zero-order chi connectivity index (χ0) is 15.7. The van der Waals surface area contributed by atoms with E-state index in [0.717, 1.165) is 29.7 Å². The first-order valence-electron chi connectivity index (χ1n) is 7.34. The molecular weight excluding hydrogens is 276 g/mol. The number of fused-ring (bicyclic) bond motifs is 1. The fraction of sp³-hybridized carbons (Fsp3) is 0.294. The van der Waals surface area contributed by atoms with Gasteiger partial charge in [0.15, 0.2) is 0 Å². The summed E-state index contributed by atoms with van der Waals surface area (Å²) in [5.41, 5.74) is 8.72. The minimum Gasteiger partial charge on any atom is -0.420 e. The van der Waals surface area contributed by atoms with Crippen LogP contribution in [0.4, 0.5) is 0 Å². The molecule has 1 aromatic carbocycles. The van der Waals surface area contributed by atoms with Gasteiger partial charge in [0.05, 0.1) is 11.0 Å². The first-order chi connectivity index (χ1) is 10.6. The molecule has 1 aliphatic rings. The maximum absolute atomic E-state index is 9.74. The van der Waals surface area contributed by atoms with Gasteiger partial charge in [-0.2, -0.15) is 5.26 Å². The Morgan fingerprint density at radius 3 is 2.73 bits per heavy atom. The number of nitrogens with zero attached hydrogens (tertiary/aromatic N) is 2. The van der Waals surface area contributed by atoms with Crippen LogP contribution >= 0.6 is 0 Å². The monoisotopic (exact) mass is 294 g/mol. The van der Waals surface area contributed by atoms with Gasteiger partial charge in [0.2, 0.25) is 11.8 Å². The number of hydrogen-bond acceptors (Lipinski definition) is 4. The molecule has 0 spiro atoms. The lowest BCUT2D eigenvalue weighted by Gasteiger charge is -2.37. The Morgan fingerprint density at radius 1 is 1.36 bits per heavy atom. The molecule has 1 aliphatic heterocycles. The zero-order valence-corrected chi connectivity index (χ0v) is 12.7. The number of benzene rings is 1. The molecule has 0 aliphatic carbocycles. The maximum atomic E-state index is 9.74. The summed E-state index contributed by atoms with van der Waals surface area (Å²) in [6.45, 7) is 4.04. The molecule has 5 nitrogen and oxygen atoms in total. The molecule has 3 rings (SSSR count). The fourth-order valence-electron chi connectivity index (χ4n) is 3.41. The second-order valence-electron chi connectivity index (χ2n) is 5.50. The van der Waals surface area contributed by atoms with E-state index in [1.54, 1.807) is 0 Å². The highest BCUT2D eigenvalue weighted by Gasteiger charge is 2.47. The number of nitrogens with two attached hydrogens (primary N) is 1. The van der Waals surface area contributed by atoms with Gasteiger partial charge < -0.3 is 10.5 Å². The lowest BCUT2D eigenvalue weighted by molar-refractivity contribution is 0.349. The molecule has 0 amide bonds. The second kappa shape index (κ2) is 5.23. The molecule has 1 atom stereocenters. The Kier molecular flexibility index (Phi) is 3.38. The van der Waals surface area contributed by atoms with E-state index in [1.165, 1.54) is 0 Å². The van der Waals surface area contributed by atoms with Crippen molar-refractivity contribution in [2.75, 3.05) is 0 Å². The summed E-state index contributed by atoms with van der Waals surface area (Å²) in [6.07, 6.45) is 1.66. The van der Waals surface area contributed by atoms with Crippen molar-refractivity contribution in [1.29, 1.82) is 5.26 Å². The number of H-pyrrole nitrogens is 1. The summed E-state index contributed by atoms with van der Waals surface area (Å²) in [5, 5.41) is 16.9. The maximum Gasteiger partial charge on any atom is 0.244 e. The zero-order valence-electron chi connectivity index (χ0n) is 12.7. The lowest BCUT2D eigenvalue weighted by atomic mass is 9.66. The summed E-state index contributed by atoms with van der Waals surface area (Å²) in [6, 6.07) is 12.2. The van der Waals surface area contributed by atoms with Gasteiger partial charge in [-0.05, 0) is 18.9 Å². The van der Waals surface area contributed by atoms with Crippen LogP contribution in [0, 0.1) is 18.3 Å². The normalized spacial score (nSPS) is 20.2. The van der Waals surface area contributed by atoms with Crippen LogP contribution in [0.1, 0.15) is 36.6 Å². The van der Waals surface area contributed by atoms with Crippen molar-refractivity contribution in [2.45, 2.75) is 32.1 Å². The van der Waals surface area contributed by atoms with Crippen LogP contribution in [0.2, 0.25) is 0 Å². The first kappa shape index (κ1) is 14.2. The van der Waals surface area contributed by atoms with E-state index in [-0.39, 0.29) is 5.88 Å². The number of rotatable bonds is 3. The Morgan fingerprint density at radius 2 is 2.09 bits per heavy atom. The highest BCUT2D eigenvalue weighted by atomic mass is 16.5. The molecule has 0 saturated carbocycles. The summed E-state index contributed by atoms with van der Waals surface area (Å²) < 4.78 is 5.57. The molecule has 22 heavy (non-hydrogen) atoms. The van der Waals surface area contributed by atoms with E-state index in [2.05, 4.69) is 23.2 Å². The van der Waals surface area contributed by atoms with Crippen molar-refractivity contribution in [3.63, 3.8) is 0 Å². The predicted molar refractivity (Wildman–Crippen MR) is 82.9 cm³/mol. The SMILES string of the molecule is CCCC1(c2ccccc2)C(C#N)=C(N)Oc2n[nH]c(C)c21. The van der Waals surface area contributed by atoms with Crippen molar-refractivity contribution >= 4 is 0 Å². The Hall–Kier alpha value is -2.74. The van der Waals surface area contributed by atoms with Gasteiger partial charge in [-0.25, -0.2) is 0 Å². The molecule has 1 unspecified atom stereocenters. The smallest absolute Gasteiger partial charge is 0.244 e. The molecular formula is C17H18N4O. The molecule has 2 aromatic rings. The van der Waals surface area contributed by atoms with E-state index < -0.39 is 5.41 Å². The molecule has 2 heterocycles. The van der Waals surface area contributed by atoms with Gasteiger partial charge in [-0.1, -0.05) is 43.7 Å². The Labute approximate surface area is 129 Å². The van der Waals surface area contributed by atoms with Crippen LogP contribution in [0.25, 0.3) is 0 Å². The average Bonchev–Trinajstić information content (AvgIpc) is 2.89. The number of nitrogens with one attached hydrogen (secondary N) is 1. The number of aryl methyl sites for hydroxylation is 1. The summed E-state index contributed by atoms with van der Waals surface area (Å²) >= 11 is 0. The minimum absolute atomic E-state index is 0.138. The Balaban J connectivity index is 2.39. The number of aromatic amines is 1. The van der Waals surface area contributed by atoms with Gasteiger partial charge in [0.1, 0.15) is 11.6 Å². The molecule has 5 heteroatoms. The number of allylic oxidation sites excluding steroid dienone is 1. The summed E-state index contributed by atoms with van der Waals surface area (Å²) in [5.74, 6) is 0.602. The minimum atomic E-state index is -0.612. The van der Waals surface area contributed by atoms with Crippen LogP contribution in [-0.2, 0) is 5.41 Å². The van der Waals surface area contributed by atoms with Crippen molar-refractivity contribution in [3.05, 3.63) is 58.6 Å². The van der Waals surface area contributed by atoms with Gasteiger partial charge in [0.25, 0.3) is 0 Å². The van der Waals surface area contributed by atoms with Crippen molar-refractivity contribution in [1.82, 2.24) is 10.2 Å². The van der Waals surface area contributed by atoms with Gasteiger partial charge in [0, 0.05) is 5.69 Å². The van der Waals surface area contributed by atoms with Crippen LogP contribution in [-0.4, -0.2) is 10.2 Å². The molecule has 0 radical (unpaired) electrons. The fourth-order valence-corrected chi connectivity index (χ4v) is 3.41. The number of nitriles is 1. The van der Waals surface area contributed by atoms with Crippen LogP contribution in [0.3, 0.4) is 0 Å². The molecule has 112 valence electrons. The lowest BCUT2D eigenvalue weighted by Crippen LogP contribution is -2.37. The van der Waals surface area contributed by atoms with E-state index in [1.807, 2.05) is 37.3 Å². The van der Waals surface area contributed by atoms with Gasteiger partial charge >= 0.3 is 0 Å². The highest BCUT2D eigenvalue weighted by Crippen LogP contribution is 2.50. The van der Waals surface area contributed by atoms with Gasteiger partial charge in [-0.3, -0.25) is 5.10 Å². The van der Waals surface area contributed by atoms with E-state index in [0.29, 0.717) is 11.5 Å². The Bertz CT molecular complexity index is 770. The van der Waals surface area contributed by atoms with Crippen LogP contribution in [0.15, 0.2) is 41.8 Å². The topological polar surface area (TPSA) is 87.7 Å². The van der Waals surface area contributed by atoms with E-state index >= 15 is 0 Å². The van der Waals surface area contributed by atoms with Crippen LogP contribution in [0.5, 0.6) is 5.88 Å². The van der Waals surface area contributed by atoms with Gasteiger partial charge in [-0.15, -0.1) is 5.10 Å². The average molecular weight is 294 g/mol. The third-order valence-electron chi connectivity index (χ3n) is 4.22. The van der Waals surface area contributed by atoms with Crippen LogP contribution < -0.4 is 10.5 Å². The molecule has 0 bridgehead atoms. The number of aromatic nitrogens is 2. The standard InChI is InChI=1S/C17H18N4O/c1-3-9-17(12-7-5-4-6-8-12)13(10-18)15(19)22-16-14(17)11(2)20-21-16/h4-8H,3,9,19H2,1-2H3,(H,20,21).